The van der Waals surface area contributed by atoms with Gasteiger partial charge in [-0.25, -0.2) is 4.98 Å². The first-order valence-electron chi connectivity index (χ1n) is 7.91. The molecule has 25 heavy (non-hydrogen) atoms. The Hall–Kier alpha value is -3.48. The van der Waals surface area contributed by atoms with Gasteiger partial charge in [-0.2, -0.15) is 9.50 Å². The third-order valence-corrected chi connectivity index (χ3v) is 4.00. The van der Waals surface area contributed by atoms with E-state index < -0.39 is 0 Å². The fourth-order valence-electron chi connectivity index (χ4n) is 2.83. The van der Waals surface area contributed by atoms with Crippen LogP contribution in [0.4, 0.5) is 0 Å². The van der Waals surface area contributed by atoms with Crippen LogP contribution in [0.5, 0.6) is 11.5 Å². The molecule has 7 nitrogen and oxygen atoms in total. The molecule has 0 N–H and O–H groups in total. The maximum Gasteiger partial charge on any atom is 0.253 e. The number of rotatable bonds is 2. The lowest BCUT2D eigenvalue weighted by Gasteiger charge is -2.18. The highest BCUT2D eigenvalue weighted by atomic mass is 16.6. The van der Waals surface area contributed by atoms with Gasteiger partial charge in [-0.05, 0) is 36.4 Å². The number of benzene rings is 1. The minimum absolute atomic E-state index is 0.534. The summed E-state index contributed by atoms with van der Waals surface area (Å²) in [7, 11) is 0. The van der Waals surface area contributed by atoms with Crippen molar-refractivity contribution in [2.45, 2.75) is 0 Å². The van der Waals surface area contributed by atoms with Gasteiger partial charge < -0.3 is 9.47 Å². The second-order valence-electron chi connectivity index (χ2n) is 5.58. The van der Waals surface area contributed by atoms with Gasteiger partial charge in [-0.1, -0.05) is 0 Å². The SMILES string of the molecule is c1cncc(-c2ccnc3nc(-c4ccc5c(c4)OCCO5)nn23)c1. The van der Waals surface area contributed by atoms with Crippen molar-refractivity contribution in [3.05, 3.63) is 55.0 Å². The summed E-state index contributed by atoms with van der Waals surface area (Å²) in [5.74, 6) is 2.57. The van der Waals surface area contributed by atoms with Crippen LogP contribution in [0.15, 0.2) is 55.0 Å². The highest BCUT2D eigenvalue weighted by molar-refractivity contribution is 5.65. The molecule has 122 valence electrons. The third kappa shape index (κ3) is 2.37. The van der Waals surface area contributed by atoms with Gasteiger partial charge in [0.2, 0.25) is 0 Å². The van der Waals surface area contributed by atoms with Gasteiger partial charge in [-0.15, -0.1) is 5.10 Å². The zero-order valence-corrected chi connectivity index (χ0v) is 13.2. The maximum absolute atomic E-state index is 5.64. The summed E-state index contributed by atoms with van der Waals surface area (Å²) < 4.78 is 12.9. The third-order valence-electron chi connectivity index (χ3n) is 4.00. The molecular weight excluding hydrogens is 318 g/mol. The molecular formula is C18H13N5O2. The molecule has 1 aliphatic rings. The van der Waals surface area contributed by atoms with Crippen molar-refractivity contribution in [1.82, 2.24) is 24.6 Å². The van der Waals surface area contributed by atoms with Crippen LogP contribution in [-0.2, 0) is 0 Å². The number of hydrogen-bond donors (Lipinski definition) is 0. The van der Waals surface area contributed by atoms with Gasteiger partial charge in [0, 0.05) is 29.7 Å². The number of aromatic nitrogens is 5. The lowest BCUT2D eigenvalue weighted by Crippen LogP contribution is -2.15. The molecule has 4 aromatic rings. The topological polar surface area (TPSA) is 74.4 Å². The number of ether oxygens (including phenoxy) is 2. The first-order valence-corrected chi connectivity index (χ1v) is 7.91. The van der Waals surface area contributed by atoms with Gasteiger partial charge in [0.15, 0.2) is 17.3 Å². The lowest BCUT2D eigenvalue weighted by molar-refractivity contribution is 0.171. The van der Waals surface area contributed by atoms with E-state index in [4.69, 9.17) is 9.47 Å². The molecule has 0 amide bonds. The van der Waals surface area contributed by atoms with E-state index in [1.54, 1.807) is 23.1 Å². The van der Waals surface area contributed by atoms with Gasteiger partial charge in [0.05, 0.1) is 5.69 Å². The van der Waals surface area contributed by atoms with Crippen LogP contribution in [0.1, 0.15) is 0 Å². The van der Waals surface area contributed by atoms with E-state index in [1.807, 2.05) is 36.4 Å². The van der Waals surface area contributed by atoms with E-state index in [-0.39, 0.29) is 0 Å². The molecule has 0 radical (unpaired) electrons. The Kier molecular flexibility index (Phi) is 3.09. The molecule has 0 atom stereocenters. The van der Waals surface area contributed by atoms with Crippen LogP contribution in [0, 0.1) is 0 Å². The summed E-state index contributed by atoms with van der Waals surface area (Å²) in [4.78, 5) is 13.0. The molecule has 1 aromatic carbocycles. The largest absolute Gasteiger partial charge is 0.486 e. The van der Waals surface area contributed by atoms with Gasteiger partial charge in [0.25, 0.3) is 5.78 Å². The molecule has 0 unspecified atom stereocenters. The number of nitrogens with zero attached hydrogens (tertiary/aromatic N) is 5. The van der Waals surface area contributed by atoms with Crippen molar-refractivity contribution in [3.63, 3.8) is 0 Å². The Balaban J connectivity index is 1.64. The Morgan fingerprint density at radius 2 is 1.84 bits per heavy atom. The van der Waals surface area contributed by atoms with Crippen LogP contribution < -0.4 is 9.47 Å². The standard InChI is InChI=1S/C18H13N5O2/c1-2-13(11-19-6-1)14-5-7-20-18-21-17(22-23(14)18)12-3-4-15-16(10-12)25-9-8-24-15/h1-7,10-11H,8-9H2. The zero-order valence-electron chi connectivity index (χ0n) is 13.2. The molecule has 1 aliphatic heterocycles. The highest BCUT2D eigenvalue weighted by Crippen LogP contribution is 2.33. The van der Waals surface area contributed by atoms with Gasteiger partial charge in [0.1, 0.15) is 13.2 Å². The fourth-order valence-corrected chi connectivity index (χ4v) is 2.83. The average Bonchev–Trinajstić information content (AvgIpc) is 3.12. The quantitative estimate of drug-likeness (QED) is 0.562. The minimum Gasteiger partial charge on any atom is -0.486 e. The predicted octanol–water partition coefficient (Wildman–Crippen LogP) is 2.62. The van der Waals surface area contributed by atoms with E-state index in [9.17, 15) is 0 Å². The summed E-state index contributed by atoms with van der Waals surface area (Å²) in [6, 6.07) is 11.5. The van der Waals surface area contributed by atoms with E-state index in [1.165, 1.54) is 0 Å². The van der Waals surface area contributed by atoms with Gasteiger partial charge in [-0.3, -0.25) is 4.98 Å². The molecule has 4 heterocycles. The molecule has 0 aliphatic carbocycles. The highest BCUT2D eigenvalue weighted by Gasteiger charge is 2.16. The number of hydrogen-bond acceptors (Lipinski definition) is 6. The molecule has 0 spiro atoms. The van der Waals surface area contributed by atoms with E-state index >= 15 is 0 Å². The van der Waals surface area contributed by atoms with Crippen molar-refractivity contribution in [2.75, 3.05) is 13.2 Å². The summed E-state index contributed by atoms with van der Waals surface area (Å²) >= 11 is 0. The Morgan fingerprint density at radius 3 is 2.72 bits per heavy atom. The molecule has 0 fully saturated rings. The smallest absolute Gasteiger partial charge is 0.253 e. The second kappa shape index (κ2) is 5.55. The molecule has 3 aromatic heterocycles. The van der Waals surface area contributed by atoms with Crippen LogP contribution >= 0.6 is 0 Å². The number of fused-ring (bicyclic) bond motifs is 2. The minimum atomic E-state index is 0.534. The first kappa shape index (κ1) is 13.9. The number of pyridine rings is 1. The molecule has 0 saturated heterocycles. The normalized spacial score (nSPS) is 13.1. The van der Waals surface area contributed by atoms with Crippen molar-refractivity contribution in [2.24, 2.45) is 0 Å². The summed E-state index contributed by atoms with van der Waals surface area (Å²) in [5.41, 5.74) is 2.69. The fraction of sp³-hybridized carbons (Fsp3) is 0.111. The maximum atomic E-state index is 5.64. The lowest BCUT2D eigenvalue weighted by atomic mass is 10.2. The molecule has 0 bridgehead atoms. The van der Waals surface area contributed by atoms with Crippen LogP contribution in [0.2, 0.25) is 0 Å². The summed E-state index contributed by atoms with van der Waals surface area (Å²) in [5, 5.41) is 4.63. The predicted molar refractivity (Wildman–Crippen MR) is 90.4 cm³/mol. The summed E-state index contributed by atoms with van der Waals surface area (Å²) in [6.45, 7) is 1.11. The van der Waals surface area contributed by atoms with E-state index in [0.717, 1.165) is 22.6 Å². The van der Waals surface area contributed by atoms with E-state index in [2.05, 4.69) is 20.1 Å². The van der Waals surface area contributed by atoms with E-state index in [0.29, 0.717) is 30.6 Å². The average molecular weight is 331 g/mol. The Morgan fingerprint density at radius 1 is 0.920 bits per heavy atom. The Labute approximate surface area is 142 Å². The van der Waals surface area contributed by atoms with Crippen LogP contribution in [0.25, 0.3) is 28.4 Å². The monoisotopic (exact) mass is 331 g/mol. The zero-order chi connectivity index (χ0) is 16.6. The second-order valence-corrected chi connectivity index (χ2v) is 5.58. The molecule has 0 saturated carbocycles. The van der Waals surface area contributed by atoms with Crippen molar-refractivity contribution in [1.29, 1.82) is 0 Å². The first-order chi connectivity index (χ1) is 12.4. The van der Waals surface area contributed by atoms with Crippen molar-refractivity contribution >= 4 is 5.78 Å². The Bertz CT molecular complexity index is 1060. The van der Waals surface area contributed by atoms with Crippen LogP contribution in [-0.4, -0.2) is 37.8 Å². The van der Waals surface area contributed by atoms with Crippen molar-refractivity contribution < 1.29 is 9.47 Å². The summed E-state index contributed by atoms with van der Waals surface area (Å²) in [6.07, 6.45) is 5.25. The van der Waals surface area contributed by atoms with Gasteiger partial charge >= 0.3 is 0 Å². The van der Waals surface area contributed by atoms with Crippen LogP contribution in [0.3, 0.4) is 0 Å². The molecule has 7 heteroatoms. The van der Waals surface area contributed by atoms with Crippen molar-refractivity contribution in [3.8, 4) is 34.1 Å². The molecule has 5 rings (SSSR count).